The van der Waals surface area contributed by atoms with E-state index >= 15 is 0 Å². The fraction of sp³-hybridized carbons (Fsp3) is 0.250. The van der Waals surface area contributed by atoms with E-state index in [0.717, 1.165) is 40.8 Å². The molecule has 1 aromatic carbocycles. The Morgan fingerprint density at radius 3 is 2.48 bits per heavy atom. The highest BCUT2D eigenvalue weighted by atomic mass is 14.7. The molecule has 1 aliphatic rings. The summed E-state index contributed by atoms with van der Waals surface area (Å²) in [4.78, 5) is 4.82. The lowest BCUT2D eigenvalue weighted by molar-refractivity contribution is 0.566. The van der Waals surface area contributed by atoms with Gasteiger partial charge in [0.05, 0.1) is 5.70 Å². The Balaban J connectivity index is 2.57. The molecule has 2 unspecified atom stereocenters. The highest BCUT2D eigenvalue weighted by Crippen LogP contribution is 2.44. The Morgan fingerprint density at radius 2 is 1.90 bits per heavy atom. The van der Waals surface area contributed by atoms with Crippen molar-refractivity contribution in [2.45, 2.75) is 33.6 Å². The Kier molecular flexibility index (Phi) is 8.15. The van der Waals surface area contributed by atoms with E-state index < -0.39 is 0 Å². The first-order chi connectivity index (χ1) is 14.0. The van der Waals surface area contributed by atoms with E-state index in [1.165, 1.54) is 11.1 Å². The van der Waals surface area contributed by atoms with Gasteiger partial charge in [0.2, 0.25) is 0 Å². The van der Waals surface area contributed by atoms with Crippen LogP contribution in [0.25, 0.3) is 5.57 Å². The Morgan fingerprint density at radius 1 is 1.21 bits per heavy atom. The summed E-state index contributed by atoms with van der Waals surface area (Å²) >= 11 is 0. The normalized spacial score (nSPS) is 18.0. The third kappa shape index (κ3) is 5.12. The van der Waals surface area contributed by atoms with Crippen molar-refractivity contribution in [3.8, 4) is 0 Å². The molecule has 0 saturated heterocycles. The molecule has 0 N–H and O–H groups in total. The number of nitrogens with zero attached hydrogens (tertiary/aromatic N) is 1. The predicted octanol–water partition coefficient (Wildman–Crippen LogP) is 7.89. The zero-order valence-corrected chi connectivity index (χ0v) is 18.1. The van der Waals surface area contributed by atoms with Crippen LogP contribution in [0.3, 0.4) is 0 Å². The van der Waals surface area contributed by atoms with Crippen LogP contribution < -0.4 is 0 Å². The van der Waals surface area contributed by atoms with Crippen LogP contribution >= 0.6 is 0 Å². The third-order valence-corrected chi connectivity index (χ3v) is 5.57. The molecule has 1 heteroatoms. The number of benzene rings is 1. The first kappa shape index (κ1) is 22.4. The molecule has 1 aromatic rings. The van der Waals surface area contributed by atoms with Crippen molar-refractivity contribution in [3.63, 3.8) is 0 Å². The van der Waals surface area contributed by atoms with Crippen LogP contribution in [0, 0.1) is 11.8 Å². The molecule has 1 nitrogen and oxygen atoms in total. The molecule has 0 aliphatic heterocycles. The van der Waals surface area contributed by atoms with Crippen LogP contribution in [-0.4, -0.2) is 6.21 Å². The molecule has 2 rings (SSSR count). The van der Waals surface area contributed by atoms with Gasteiger partial charge in [-0.05, 0) is 53.5 Å². The van der Waals surface area contributed by atoms with Crippen molar-refractivity contribution >= 4 is 11.8 Å². The lowest BCUT2D eigenvalue weighted by atomic mass is 9.73. The van der Waals surface area contributed by atoms with Crippen molar-refractivity contribution in [2.75, 3.05) is 0 Å². The van der Waals surface area contributed by atoms with Crippen LogP contribution in [0.5, 0.6) is 0 Å². The second-order valence-corrected chi connectivity index (χ2v) is 7.40. The van der Waals surface area contributed by atoms with Gasteiger partial charge >= 0.3 is 0 Å². The molecule has 0 aromatic heterocycles. The summed E-state index contributed by atoms with van der Waals surface area (Å²) in [5, 5.41) is 0. The van der Waals surface area contributed by atoms with Crippen LogP contribution in [0.1, 0.15) is 39.2 Å². The van der Waals surface area contributed by atoms with Gasteiger partial charge in [-0.3, -0.25) is 4.99 Å². The molecule has 0 heterocycles. The molecule has 2 atom stereocenters. The number of hydrogen-bond donors (Lipinski definition) is 0. The lowest BCUT2D eigenvalue weighted by Crippen LogP contribution is -2.19. The minimum Gasteiger partial charge on any atom is -0.261 e. The van der Waals surface area contributed by atoms with Gasteiger partial charge in [-0.15, -0.1) is 0 Å². The molecule has 0 fully saturated rings. The Labute approximate surface area is 177 Å². The maximum Gasteiger partial charge on any atom is 0.0701 e. The standard InChI is InChI=1S/C28H33N/c1-8-11-15-21(5)22(6)26-19-18-25(23(7)24-16-13-12-14-17-24)27(20(4)9-2)28(26)29-10-3/h8,10-17,19-20,25H,1,5-7,9,18H2,2-4H3/b15-11-,29-10?. The van der Waals surface area contributed by atoms with E-state index in [1.54, 1.807) is 6.08 Å². The Bertz CT molecular complexity index is 903. The van der Waals surface area contributed by atoms with Gasteiger partial charge in [0.1, 0.15) is 0 Å². The molecule has 29 heavy (non-hydrogen) atoms. The van der Waals surface area contributed by atoms with Crippen molar-refractivity contribution in [1.82, 2.24) is 0 Å². The van der Waals surface area contributed by atoms with E-state index in [2.05, 4.69) is 70.5 Å². The fourth-order valence-corrected chi connectivity index (χ4v) is 3.76. The number of allylic oxidation sites excluding steroid dienone is 8. The van der Waals surface area contributed by atoms with Gasteiger partial charge < -0.3 is 0 Å². The maximum atomic E-state index is 4.82. The number of rotatable bonds is 9. The summed E-state index contributed by atoms with van der Waals surface area (Å²) in [6.07, 6.45) is 11.6. The van der Waals surface area contributed by atoms with E-state index in [9.17, 15) is 0 Å². The minimum absolute atomic E-state index is 0.236. The Hall–Kier alpha value is -2.93. The topological polar surface area (TPSA) is 12.4 Å². The van der Waals surface area contributed by atoms with Crippen LogP contribution in [0.2, 0.25) is 0 Å². The molecule has 0 radical (unpaired) electrons. The SMILES string of the molecule is C=C/C=C\C(=C)C(=C)C1=CCC(C(=C)c2ccccc2)C(C(C)CC)=C1N=CC. The smallest absolute Gasteiger partial charge is 0.0701 e. The fourth-order valence-electron chi connectivity index (χ4n) is 3.76. The van der Waals surface area contributed by atoms with Gasteiger partial charge in [-0.1, -0.05) is 94.8 Å². The largest absolute Gasteiger partial charge is 0.261 e. The molecule has 0 spiro atoms. The summed E-state index contributed by atoms with van der Waals surface area (Å²) in [5.41, 5.74) is 7.57. The van der Waals surface area contributed by atoms with E-state index in [-0.39, 0.29) is 5.92 Å². The van der Waals surface area contributed by atoms with E-state index in [0.29, 0.717) is 5.92 Å². The summed E-state index contributed by atoms with van der Waals surface area (Å²) in [5.74, 6) is 0.632. The lowest BCUT2D eigenvalue weighted by Gasteiger charge is -2.33. The van der Waals surface area contributed by atoms with Crippen molar-refractivity contribution < 1.29 is 0 Å². The zero-order chi connectivity index (χ0) is 21.4. The molecular formula is C28H33N. The third-order valence-electron chi connectivity index (χ3n) is 5.57. The van der Waals surface area contributed by atoms with Crippen molar-refractivity contribution in [3.05, 3.63) is 115 Å². The summed E-state index contributed by atoms with van der Waals surface area (Å²) in [6.45, 7) is 23.2. The maximum absolute atomic E-state index is 4.82. The predicted molar refractivity (Wildman–Crippen MR) is 130 cm³/mol. The summed E-state index contributed by atoms with van der Waals surface area (Å²) in [7, 11) is 0. The second-order valence-electron chi connectivity index (χ2n) is 7.40. The van der Waals surface area contributed by atoms with Crippen LogP contribution in [-0.2, 0) is 0 Å². The molecular weight excluding hydrogens is 350 g/mol. The van der Waals surface area contributed by atoms with Gasteiger partial charge in [0.25, 0.3) is 0 Å². The highest BCUT2D eigenvalue weighted by Gasteiger charge is 2.30. The van der Waals surface area contributed by atoms with Gasteiger partial charge in [0.15, 0.2) is 0 Å². The monoisotopic (exact) mass is 383 g/mol. The summed E-state index contributed by atoms with van der Waals surface area (Å²) < 4.78 is 0. The average molecular weight is 384 g/mol. The van der Waals surface area contributed by atoms with Crippen molar-refractivity contribution in [1.29, 1.82) is 0 Å². The van der Waals surface area contributed by atoms with Gasteiger partial charge in [-0.2, -0.15) is 0 Å². The summed E-state index contributed by atoms with van der Waals surface area (Å²) in [6, 6.07) is 10.5. The number of aliphatic imine (C=N–C) groups is 1. The molecule has 0 saturated carbocycles. The average Bonchev–Trinajstić information content (AvgIpc) is 2.76. The zero-order valence-electron chi connectivity index (χ0n) is 18.1. The van der Waals surface area contributed by atoms with Crippen molar-refractivity contribution in [2.24, 2.45) is 16.8 Å². The first-order valence-electron chi connectivity index (χ1n) is 10.3. The first-order valence-corrected chi connectivity index (χ1v) is 10.3. The van der Waals surface area contributed by atoms with Gasteiger partial charge in [0, 0.05) is 17.7 Å². The van der Waals surface area contributed by atoms with E-state index in [1.807, 2.05) is 31.4 Å². The van der Waals surface area contributed by atoms with E-state index in [4.69, 9.17) is 4.99 Å². The van der Waals surface area contributed by atoms with Crippen LogP contribution in [0.15, 0.2) is 114 Å². The van der Waals surface area contributed by atoms with Gasteiger partial charge in [-0.25, -0.2) is 0 Å². The molecule has 0 bridgehead atoms. The second kappa shape index (κ2) is 10.6. The van der Waals surface area contributed by atoms with Crippen LogP contribution in [0.4, 0.5) is 0 Å². The quantitative estimate of drug-likeness (QED) is 0.304. The number of hydrogen-bond acceptors (Lipinski definition) is 1. The minimum atomic E-state index is 0.236. The molecule has 0 amide bonds. The molecule has 1 aliphatic carbocycles. The molecule has 150 valence electrons. The highest BCUT2D eigenvalue weighted by molar-refractivity contribution is 5.72.